The molecule has 1 N–H and O–H groups in total. The van der Waals surface area contributed by atoms with Crippen molar-refractivity contribution >= 4 is 17.4 Å². The van der Waals surface area contributed by atoms with Crippen molar-refractivity contribution in [2.75, 3.05) is 12.8 Å². The summed E-state index contributed by atoms with van der Waals surface area (Å²) < 4.78 is 0. The monoisotopic (exact) mass is 302 g/mol. The van der Waals surface area contributed by atoms with Crippen LogP contribution in [-0.4, -0.2) is 17.7 Å². The first-order valence-electron chi connectivity index (χ1n) is 6.71. The summed E-state index contributed by atoms with van der Waals surface area (Å²) in [6, 6.07) is 15.4. The molecule has 0 saturated carbocycles. The summed E-state index contributed by atoms with van der Waals surface area (Å²) >= 11 is 1.69. The molecule has 1 unspecified atom stereocenters. The Labute approximate surface area is 128 Å². The van der Waals surface area contributed by atoms with Gasteiger partial charge >= 0.3 is 0 Å². The van der Waals surface area contributed by atoms with Crippen LogP contribution in [0.4, 0.5) is 5.69 Å². The third-order valence-corrected chi connectivity index (χ3v) is 4.40. The Hall–Kier alpha value is -1.85. The van der Waals surface area contributed by atoms with Crippen molar-refractivity contribution in [1.29, 1.82) is 0 Å². The average molecular weight is 302 g/mol. The van der Waals surface area contributed by atoms with Crippen LogP contribution in [0.25, 0.3) is 0 Å². The highest BCUT2D eigenvalue weighted by molar-refractivity contribution is 7.99. The zero-order valence-corrected chi connectivity index (χ0v) is 12.9. The highest BCUT2D eigenvalue weighted by atomic mass is 32.2. The molecule has 0 aromatic heterocycles. The van der Waals surface area contributed by atoms with Crippen molar-refractivity contribution < 1.29 is 4.92 Å². The van der Waals surface area contributed by atoms with Crippen molar-refractivity contribution in [3.63, 3.8) is 0 Å². The van der Waals surface area contributed by atoms with Gasteiger partial charge in [0.05, 0.1) is 4.92 Å². The van der Waals surface area contributed by atoms with Crippen LogP contribution in [0.1, 0.15) is 17.2 Å². The first-order chi connectivity index (χ1) is 10.1. The predicted molar refractivity (Wildman–Crippen MR) is 86.8 cm³/mol. The van der Waals surface area contributed by atoms with Crippen LogP contribution in [0.2, 0.25) is 0 Å². The third-order valence-electron chi connectivity index (χ3n) is 3.29. The zero-order valence-electron chi connectivity index (χ0n) is 12.1. The molecule has 2 rings (SSSR count). The van der Waals surface area contributed by atoms with Gasteiger partial charge in [-0.3, -0.25) is 10.1 Å². The highest BCUT2D eigenvalue weighted by Gasteiger charge is 2.10. The minimum atomic E-state index is -0.378. The molecule has 1 atom stereocenters. The van der Waals surface area contributed by atoms with Crippen LogP contribution < -0.4 is 5.32 Å². The Balaban J connectivity index is 1.99. The average Bonchev–Trinajstić information content (AvgIpc) is 2.50. The summed E-state index contributed by atoms with van der Waals surface area (Å²) in [5.74, 6) is 0.872. The van der Waals surface area contributed by atoms with Gasteiger partial charge in [0.15, 0.2) is 0 Å². The van der Waals surface area contributed by atoms with E-state index in [2.05, 4.69) is 36.5 Å². The Kier molecular flexibility index (Phi) is 5.36. The minimum absolute atomic E-state index is 0.128. The zero-order chi connectivity index (χ0) is 15.2. The quantitative estimate of drug-likeness (QED) is 0.498. The van der Waals surface area contributed by atoms with Crippen molar-refractivity contribution in [2.24, 2.45) is 0 Å². The second-order valence-electron chi connectivity index (χ2n) is 4.81. The molecule has 5 heteroatoms. The standard InChI is InChI=1S/C16H18N2O2S/c1-12-3-5-13(6-4-12)16(17-2)11-21-15-9-7-14(8-10-15)18(19)20/h3-10,16-17H,11H2,1-2H3. The van der Waals surface area contributed by atoms with Gasteiger partial charge in [0.2, 0.25) is 0 Å². The molecule has 2 aromatic rings. The Bertz CT molecular complexity index is 597. The number of nitro benzene ring substituents is 1. The van der Waals surface area contributed by atoms with Crippen LogP contribution in [0, 0.1) is 17.0 Å². The number of benzene rings is 2. The van der Waals surface area contributed by atoms with Gasteiger partial charge in [-0.05, 0) is 31.7 Å². The minimum Gasteiger partial charge on any atom is -0.312 e. The van der Waals surface area contributed by atoms with Gasteiger partial charge < -0.3 is 5.32 Å². The molecular formula is C16H18N2O2S. The van der Waals surface area contributed by atoms with Gasteiger partial charge in [-0.2, -0.15) is 0 Å². The van der Waals surface area contributed by atoms with E-state index < -0.39 is 0 Å². The largest absolute Gasteiger partial charge is 0.312 e. The van der Waals surface area contributed by atoms with E-state index in [1.807, 2.05) is 7.05 Å². The molecule has 0 spiro atoms. The molecule has 4 nitrogen and oxygen atoms in total. The molecule has 0 aliphatic heterocycles. The smallest absolute Gasteiger partial charge is 0.269 e. The number of nitro groups is 1. The molecule has 0 saturated heterocycles. The van der Waals surface area contributed by atoms with Gasteiger partial charge in [0.25, 0.3) is 5.69 Å². The molecule has 0 aliphatic carbocycles. The number of hydrogen-bond acceptors (Lipinski definition) is 4. The van der Waals surface area contributed by atoms with Crippen molar-refractivity contribution in [3.05, 3.63) is 69.8 Å². The lowest BCUT2D eigenvalue weighted by Gasteiger charge is -2.16. The lowest BCUT2D eigenvalue weighted by molar-refractivity contribution is -0.384. The van der Waals surface area contributed by atoms with E-state index in [-0.39, 0.29) is 16.7 Å². The van der Waals surface area contributed by atoms with E-state index in [0.717, 1.165) is 10.6 Å². The highest BCUT2D eigenvalue weighted by Crippen LogP contribution is 2.26. The summed E-state index contributed by atoms with van der Waals surface area (Å²) in [5.41, 5.74) is 2.62. The summed E-state index contributed by atoms with van der Waals surface area (Å²) in [4.78, 5) is 11.3. The number of aryl methyl sites for hydroxylation is 1. The molecule has 110 valence electrons. The van der Waals surface area contributed by atoms with Crippen molar-refractivity contribution in [2.45, 2.75) is 17.9 Å². The number of hydrogen-bond donors (Lipinski definition) is 1. The van der Waals surface area contributed by atoms with E-state index in [1.54, 1.807) is 36.0 Å². The fourth-order valence-corrected chi connectivity index (χ4v) is 3.04. The maximum atomic E-state index is 10.6. The van der Waals surface area contributed by atoms with Crippen molar-refractivity contribution in [3.8, 4) is 0 Å². The third kappa shape index (κ3) is 4.31. The second-order valence-corrected chi connectivity index (χ2v) is 5.91. The van der Waals surface area contributed by atoms with Crippen LogP contribution in [0.5, 0.6) is 0 Å². The van der Waals surface area contributed by atoms with E-state index in [0.29, 0.717) is 0 Å². The molecule has 0 aliphatic rings. The number of non-ortho nitro benzene ring substituents is 1. The summed E-state index contributed by atoms with van der Waals surface area (Å²) in [7, 11) is 1.95. The fraction of sp³-hybridized carbons (Fsp3) is 0.250. The molecule has 0 heterocycles. The van der Waals surface area contributed by atoms with Gasteiger partial charge in [-0.1, -0.05) is 29.8 Å². The topological polar surface area (TPSA) is 55.2 Å². The van der Waals surface area contributed by atoms with E-state index in [9.17, 15) is 10.1 Å². The SMILES string of the molecule is CNC(CSc1ccc([N+](=O)[O-])cc1)c1ccc(C)cc1. The maximum absolute atomic E-state index is 10.6. The van der Waals surface area contributed by atoms with Crippen LogP contribution in [-0.2, 0) is 0 Å². The second kappa shape index (κ2) is 7.24. The molecule has 0 amide bonds. The summed E-state index contributed by atoms with van der Waals surface area (Å²) in [6.45, 7) is 2.07. The van der Waals surface area contributed by atoms with Crippen LogP contribution in [0.15, 0.2) is 53.4 Å². The number of rotatable bonds is 6. The van der Waals surface area contributed by atoms with Gasteiger partial charge in [-0.15, -0.1) is 11.8 Å². The molecular weight excluding hydrogens is 284 g/mol. The Morgan fingerprint density at radius 1 is 1.14 bits per heavy atom. The maximum Gasteiger partial charge on any atom is 0.269 e. The van der Waals surface area contributed by atoms with E-state index >= 15 is 0 Å². The molecule has 0 fully saturated rings. The summed E-state index contributed by atoms with van der Waals surface area (Å²) in [5, 5.41) is 13.9. The van der Waals surface area contributed by atoms with Crippen molar-refractivity contribution in [1.82, 2.24) is 5.32 Å². The number of nitrogens with one attached hydrogen (secondary N) is 1. The molecule has 0 radical (unpaired) electrons. The normalized spacial score (nSPS) is 12.1. The number of thioether (sulfide) groups is 1. The first kappa shape index (κ1) is 15.5. The molecule has 21 heavy (non-hydrogen) atoms. The first-order valence-corrected chi connectivity index (χ1v) is 7.70. The molecule has 0 bridgehead atoms. The lowest BCUT2D eigenvalue weighted by Crippen LogP contribution is -2.18. The fourth-order valence-electron chi connectivity index (χ4n) is 1.99. The van der Waals surface area contributed by atoms with Gasteiger partial charge in [-0.25, -0.2) is 0 Å². The Morgan fingerprint density at radius 3 is 2.29 bits per heavy atom. The Morgan fingerprint density at radius 2 is 1.76 bits per heavy atom. The lowest BCUT2D eigenvalue weighted by atomic mass is 10.1. The van der Waals surface area contributed by atoms with E-state index in [1.165, 1.54) is 11.1 Å². The van der Waals surface area contributed by atoms with E-state index in [4.69, 9.17) is 0 Å². The van der Waals surface area contributed by atoms with Crippen LogP contribution in [0.3, 0.4) is 0 Å². The van der Waals surface area contributed by atoms with Crippen LogP contribution >= 0.6 is 11.8 Å². The summed E-state index contributed by atoms with van der Waals surface area (Å²) in [6.07, 6.45) is 0. The van der Waals surface area contributed by atoms with Gasteiger partial charge in [0.1, 0.15) is 0 Å². The van der Waals surface area contributed by atoms with Gasteiger partial charge in [0, 0.05) is 28.8 Å². The molecule has 2 aromatic carbocycles. The predicted octanol–water partition coefficient (Wildman–Crippen LogP) is 3.96. The number of nitrogens with zero attached hydrogens (tertiary/aromatic N) is 1.